The Morgan fingerprint density at radius 3 is 3.17 bits per heavy atom. The summed E-state index contributed by atoms with van der Waals surface area (Å²) in [5, 5.41) is 0. The van der Waals surface area contributed by atoms with Crippen molar-refractivity contribution >= 4 is 5.97 Å². The number of allylic oxidation sites excluding steroid dienone is 3. The van der Waals surface area contributed by atoms with Crippen molar-refractivity contribution in [2.75, 3.05) is 6.61 Å². The van der Waals surface area contributed by atoms with Crippen molar-refractivity contribution in [2.45, 2.75) is 13.3 Å². The fourth-order valence-electron chi connectivity index (χ4n) is 1.73. The van der Waals surface area contributed by atoms with Gasteiger partial charge in [0.05, 0.1) is 12.0 Å². The second-order valence-corrected chi connectivity index (χ2v) is 3.32. The molecule has 0 aromatic carbocycles. The van der Waals surface area contributed by atoms with Crippen LogP contribution >= 0.6 is 0 Å². The van der Waals surface area contributed by atoms with E-state index in [0.717, 1.165) is 6.42 Å². The van der Waals surface area contributed by atoms with Crippen molar-refractivity contribution in [3.05, 3.63) is 24.3 Å². The molecule has 2 aliphatic carbocycles. The molecule has 0 aromatic rings. The quantitative estimate of drug-likeness (QED) is 0.580. The van der Waals surface area contributed by atoms with Crippen molar-refractivity contribution in [3.63, 3.8) is 0 Å². The summed E-state index contributed by atoms with van der Waals surface area (Å²) in [5.41, 5.74) is -0.273. The third kappa shape index (κ3) is 0.909. The van der Waals surface area contributed by atoms with E-state index >= 15 is 0 Å². The van der Waals surface area contributed by atoms with Gasteiger partial charge in [-0.25, -0.2) is 0 Å². The number of rotatable bonds is 2. The molecule has 0 heterocycles. The van der Waals surface area contributed by atoms with E-state index in [0.29, 0.717) is 12.5 Å². The maximum absolute atomic E-state index is 11.5. The highest BCUT2D eigenvalue weighted by Crippen LogP contribution is 2.56. The third-order valence-corrected chi connectivity index (χ3v) is 2.56. The van der Waals surface area contributed by atoms with Crippen LogP contribution in [0.1, 0.15) is 13.3 Å². The molecular weight excluding hydrogens is 152 g/mol. The minimum Gasteiger partial charge on any atom is -0.465 e. The van der Waals surface area contributed by atoms with Crippen LogP contribution in [0.2, 0.25) is 0 Å². The molecule has 0 saturated heterocycles. The summed E-state index contributed by atoms with van der Waals surface area (Å²) in [5.74, 6) is 0.345. The van der Waals surface area contributed by atoms with E-state index < -0.39 is 0 Å². The SMILES string of the molecule is CCOC(=O)C12C=CC=CC1C2. The molecule has 2 aliphatic rings. The van der Waals surface area contributed by atoms with Crippen LogP contribution in [0, 0.1) is 11.3 Å². The molecule has 12 heavy (non-hydrogen) atoms. The van der Waals surface area contributed by atoms with E-state index in [1.807, 2.05) is 25.2 Å². The molecular formula is C10H12O2. The van der Waals surface area contributed by atoms with Crippen LogP contribution in [0.3, 0.4) is 0 Å². The van der Waals surface area contributed by atoms with Gasteiger partial charge in [-0.3, -0.25) is 4.79 Å². The fourth-order valence-corrected chi connectivity index (χ4v) is 1.73. The van der Waals surface area contributed by atoms with Crippen LogP contribution < -0.4 is 0 Å². The monoisotopic (exact) mass is 164 g/mol. The summed E-state index contributed by atoms with van der Waals surface area (Å²) in [6, 6.07) is 0. The molecule has 2 rings (SSSR count). The second kappa shape index (κ2) is 2.47. The summed E-state index contributed by atoms with van der Waals surface area (Å²) in [4.78, 5) is 11.5. The Morgan fingerprint density at radius 1 is 1.67 bits per heavy atom. The van der Waals surface area contributed by atoms with Crippen molar-refractivity contribution in [1.82, 2.24) is 0 Å². The summed E-state index contributed by atoms with van der Waals surface area (Å²) in [7, 11) is 0. The van der Waals surface area contributed by atoms with E-state index in [2.05, 4.69) is 6.08 Å². The lowest BCUT2D eigenvalue weighted by Crippen LogP contribution is -2.19. The average Bonchev–Trinajstić information content (AvgIpc) is 2.79. The lowest BCUT2D eigenvalue weighted by atomic mass is 10.00. The first kappa shape index (κ1) is 7.59. The van der Waals surface area contributed by atoms with Crippen molar-refractivity contribution < 1.29 is 9.53 Å². The van der Waals surface area contributed by atoms with Gasteiger partial charge in [0, 0.05) is 0 Å². The zero-order chi connectivity index (χ0) is 8.60. The summed E-state index contributed by atoms with van der Waals surface area (Å²) in [6.45, 7) is 2.32. The number of ether oxygens (including phenoxy) is 1. The van der Waals surface area contributed by atoms with Gasteiger partial charge in [-0.2, -0.15) is 0 Å². The summed E-state index contributed by atoms with van der Waals surface area (Å²) < 4.78 is 5.00. The minimum atomic E-state index is -0.273. The normalized spacial score (nSPS) is 35.9. The van der Waals surface area contributed by atoms with E-state index in [-0.39, 0.29) is 11.4 Å². The van der Waals surface area contributed by atoms with E-state index in [1.54, 1.807) is 0 Å². The van der Waals surface area contributed by atoms with E-state index in [1.165, 1.54) is 0 Å². The number of hydrogen-bond donors (Lipinski definition) is 0. The molecule has 0 N–H and O–H groups in total. The second-order valence-electron chi connectivity index (χ2n) is 3.32. The molecule has 1 fully saturated rings. The van der Waals surface area contributed by atoms with Crippen molar-refractivity contribution in [2.24, 2.45) is 11.3 Å². The highest BCUT2D eigenvalue weighted by molar-refractivity contribution is 5.84. The third-order valence-electron chi connectivity index (χ3n) is 2.56. The molecule has 0 bridgehead atoms. The van der Waals surface area contributed by atoms with E-state index in [9.17, 15) is 4.79 Å². The lowest BCUT2D eigenvalue weighted by molar-refractivity contribution is -0.148. The maximum Gasteiger partial charge on any atom is 0.316 e. The largest absolute Gasteiger partial charge is 0.465 e. The average molecular weight is 164 g/mol. The van der Waals surface area contributed by atoms with Gasteiger partial charge in [0.2, 0.25) is 0 Å². The first-order valence-corrected chi connectivity index (χ1v) is 4.33. The highest BCUT2D eigenvalue weighted by Gasteiger charge is 2.58. The van der Waals surface area contributed by atoms with Crippen molar-refractivity contribution in [3.8, 4) is 0 Å². The van der Waals surface area contributed by atoms with Gasteiger partial charge >= 0.3 is 5.97 Å². The molecule has 0 radical (unpaired) electrons. The van der Waals surface area contributed by atoms with Gasteiger partial charge in [0.25, 0.3) is 0 Å². The molecule has 0 spiro atoms. The van der Waals surface area contributed by atoms with Gasteiger partial charge in [0.1, 0.15) is 0 Å². The smallest absolute Gasteiger partial charge is 0.316 e. The molecule has 0 aromatic heterocycles. The van der Waals surface area contributed by atoms with Gasteiger partial charge in [-0.1, -0.05) is 24.3 Å². The van der Waals surface area contributed by atoms with E-state index in [4.69, 9.17) is 4.74 Å². The number of fused-ring (bicyclic) bond motifs is 1. The van der Waals surface area contributed by atoms with Gasteiger partial charge < -0.3 is 4.74 Å². The van der Waals surface area contributed by atoms with Crippen LogP contribution in [0.5, 0.6) is 0 Å². The predicted octanol–water partition coefficient (Wildman–Crippen LogP) is 1.68. The number of carbonyl (C=O) groups is 1. The van der Waals surface area contributed by atoms with Crippen molar-refractivity contribution in [1.29, 1.82) is 0 Å². The standard InChI is InChI=1S/C10H12O2/c1-2-12-9(11)10-6-4-3-5-8(10)7-10/h3-6,8H,2,7H2,1H3. The highest BCUT2D eigenvalue weighted by atomic mass is 16.5. The lowest BCUT2D eigenvalue weighted by Gasteiger charge is -2.11. The minimum absolute atomic E-state index is 0.0596. The number of hydrogen-bond acceptors (Lipinski definition) is 2. The predicted molar refractivity (Wildman–Crippen MR) is 45.5 cm³/mol. The maximum atomic E-state index is 11.5. The Balaban J connectivity index is 2.10. The Hall–Kier alpha value is -1.05. The van der Waals surface area contributed by atoms with Crippen LogP contribution in [0.15, 0.2) is 24.3 Å². The fraction of sp³-hybridized carbons (Fsp3) is 0.500. The van der Waals surface area contributed by atoms with Crippen LogP contribution in [-0.2, 0) is 9.53 Å². The summed E-state index contributed by atoms with van der Waals surface area (Å²) in [6.07, 6.45) is 8.90. The topological polar surface area (TPSA) is 26.3 Å². The zero-order valence-corrected chi connectivity index (χ0v) is 7.12. The number of esters is 1. The van der Waals surface area contributed by atoms with Crippen LogP contribution in [0.4, 0.5) is 0 Å². The molecule has 64 valence electrons. The van der Waals surface area contributed by atoms with Crippen LogP contribution in [-0.4, -0.2) is 12.6 Å². The number of carbonyl (C=O) groups excluding carboxylic acids is 1. The first-order chi connectivity index (χ1) is 5.79. The zero-order valence-electron chi connectivity index (χ0n) is 7.12. The molecule has 2 heteroatoms. The first-order valence-electron chi connectivity index (χ1n) is 4.33. The Bertz CT molecular complexity index is 265. The molecule has 0 amide bonds. The molecule has 2 unspecified atom stereocenters. The Kier molecular flexibility index (Phi) is 1.56. The molecule has 2 atom stereocenters. The molecule has 2 nitrogen and oxygen atoms in total. The van der Waals surface area contributed by atoms with Gasteiger partial charge in [-0.05, 0) is 19.3 Å². The van der Waals surface area contributed by atoms with Gasteiger partial charge in [-0.15, -0.1) is 0 Å². The van der Waals surface area contributed by atoms with Gasteiger partial charge in [0.15, 0.2) is 0 Å². The molecule has 0 aliphatic heterocycles. The summed E-state index contributed by atoms with van der Waals surface area (Å²) >= 11 is 0. The molecule has 1 saturated carbocycles. The van der Waals surface area contributed by atoms with Crippen LogP contribution in [0.25, 0.3) is 0 Å². The Morgan fingerprint density at radius 2 is 2.50 bits per heavy atom. The Labute approximate surface area is 71.9 Å².